The number of carbonyl (C=O) groups excluding carboxylic acids is 1. The number of hydrogen-bond acceptors (Lipinski definition) is 2. The molecule has 0 saturated carbocycles. The maximum absolute atomic E-state index is 11.6. The first-order valence-electron chi connectivity index (χ1n) is 5.38. The molecular formula is C13H16N2O2. The molecule has 0 aliphatic heterocycles. The Morgan fingerprint density at radius 2 is 2.24 bits per heavy atom. The first kappa shape index (κ1) is 12.9. The van der Waals surface area contributed by atoms with Gasteiger partial charge in [0.15, 0.2) is 0 Å². The number of carbonyl (C=O) groups is 1. The van der Waals surface area contributed by atoms with Crippen LogP contribution in [0.15, 0.2) is 24.3 Å². The van der Waals surface area contributed by atoms with Crippen molar-refractivity contribution in [3.8, 4) is 18.1 Å². The van der Waals surface area contributed by atoms with Crippen LogP contribution >= 0.6 is 0 Å². The number of ether oxygens (including phenoxy) is 1. The molecule has 17 heavy (non-hydrogen) atoms. The summed E-state index contributed by atoms with van der Waals surface area (Å²) in [5.41, 5.74) is 0.611. The van der Waals surface area contributed by atoms with Gasteiger partial charge in [0.1, 0.15) is 5.75 Å². The standard InChI is InChI=1S/C13H16N2O2/c1-4-10(5-2)14-13(16)15-11-8-6-7-9-12(11)17-3/h1,6-10H,5H2,2-3H3,(H2,14,15,16). The van der Waals surface area contributed by atoms with E-state index in [1.807, 2.05) is 19.1 Å². The molecule has 0 heterocycles. The molecule has 0 aromatic heterocycles. The number of rotatable bonds is 4. The fraction of sp³-hybridized carbons (Fsp3) is 0.308. The Bertz CT molecular complexity index is 424. The summed E-state index contributed by atoms with van der Waals surface area (Å²) in [6.07, 6.45) is 5.95. The lowest BCUT2D eigenvalue weighted by Gasteiger charge is -2.13. The number of anilines is 1. The van der Waals surface area contributed by atoms with E-state index in [1.54, 1.807) is 19.2 Å². The molecule has 0 bridgehead atoms. The van der Waals surface area contributed by atoms with Crippen molar-refractivity contribution in [1.29, 1.82) is 0 Å². The zero-order valence-electron chi connectivity index (χ0n) is 9.99. The van der Waals surface area contributed by atoms with Gasteiger partial charge in [0.25, 0.3) is 0 Å². The molecule has 0 saturated heterocycles. The summed E-state index contributed by atoms with van der Waals surface area (Å²) in [4.78, 5) is 11.6. The van der Waals surface area contributed by atoms with Gasteiger partial charge in [-0.05, 0) is 18.6 Å². The highest BCUT2D eigenvalue weighted by molar-refractivity contribution is 5.91. The molecule has 0 aliphatic carbocycles. The first-order valence-corrected chi connectivity index (χ1v) is 5.38. The fourth-order valence-electron chi connectivity index (χ4n) is 1.33. The molecule has 0 spiro atoms. The molecule has 2 N–H and O–H groups in total. The van der Waals surface area contributed by atoms with E-state index in [1.165, 1.54) is 0 Å². The van der Waals surface area contributed by atoms with E-state index in [9.17, 15) is 4.79 Å². The number of benzene rings is 1. The van der Waals surface area contributed by atoms with Crippen molar-refractivity contribution < 1.29 is 9.53 Å². The zero-order chi connectivity index (χ0) is 12.7. The van der Waals surface area contributed by atoms with Gasteiger partial charge in [0, 0.05) is 0 Å². The summed E-state index contributed by atoms with van der Waals surface area (Å²) in [6.45, 7) is 1.91. The van der Waals surface area contributed by atoms with Gasteiger partial charge in [-0.25, -0.2) is 4.79 Å². The van der Waals surface area contributed by atoms with Crippen LogP contribution < -0.4 is 15.4 Å². The highest BCUT2D eigenvalue weighted by Crippen LogP contribution is 2.22. The average Bonchev–Trinajstić information content (AvgIpc) is 2.36. The molecule has 0 fully saturated rings. The highest BCUT2D eigenvalue weighted by atomic mass is 16.5. The molecule has 1 aromatic rings. The van der Waals surface area contributed by atoms with E-state index in [-0.39, 0.29) is 12.1 Å². The first-order chi connectivity index (χ1) is 8.21. The van der Waals surface area contributed by atoms with Gasteiger partial charge >= 0.3 is 6.03 Å². The maximum atomic E-state index is 11.6. The summed E-state index contributed by atoms with van der Waals surface area (Å²) in [6, 6.07) is 6.59. The van der Waals surface area contributed by atoms with Crippen molar-refractivity contribution in [2.75, 3.05) is 12.4 Å². The third-order valence-corrected chi connectivity index (χ3v) is 2.27. The van der Waals surface area contributed by atoms with Crippen molar-refractivity contribution in [2.45, 2.75) is 19.4 Å². The molecule has 0 aliphatic rings. The third-order valence-electron chi connectivity index (χ3n) is 2.27. The summed E-state index contributed by atoms with van der Waals surface area (Å²) in [5.74, 6) is 3.10. The molecule has 0 radical (unpaired) electrons. The summed E-state index contributed by atoms with van der Waals surface area (Å²) in [5, 5.41) is 5.36. The van der Waals surface area contributed by atoms with Crippen molar-refractivity contribution >= 4 is 11.7 Å². The van der Waals surface area contributed by atoms with Crippen LogP contribution in [-0.4, -0.2) is 19.2 Å². The van der Waals surface area contributed by atoms with Crippen LogP contribution in [0.1, 0.15) is 13.3 Å². The number of terminal acetylenes is 1. The normalized spacial score (nSPS) is 11.1. The largest absolute Gasteiger partial charge is 0.495 e. The van der Waals surface area contributed by atoms with Gasteiger partial charge in [0.05, 0.1) is 18.8 Å². The molecule has 1 atom stereocenters. The lowest BCUT2D eigenvalue weighted by molar-refractivity contribution is 0.250. The number of para-hydroxylation sites is 2. The average molecular weight is 232 g/mol. The van der Waals surface area contributed by atoms with Crippen molar-refractivity contribution in [3.05, 3.63) is 24.3 Å². The Kier molecular flexibility index (Phi) is 4.89. The zero-order valence-corrected chi connectivity index (χ0v) is 9.99. The van der Waals surface area contributed by atoms with Gasteiger partial charge in [-0.2, -0.15) is 0 Å². The van der Waals surface area contributed by atoms with E-state index in [0.29, 0.717) is 17.9 Å². The van der Waals surface area contributed by atoms with Crippen LogP contribution in [0.25, 0.3) is 0 Å². The number of amides is 2. The molecule has 1 rings (SSSR count). The minimum Gasteiger partial charge on any atom is -0.495 e. The fourth-order valence-corrected chi connectivity index (χ4v) is 1.33. The van der Waals surface area contributed by atoms with Crippen molar-refractivity contribution in [2.24, 2.45) is 0 Å². The van der Waals surface area contributed by atoms with E-state index in [2.05, 4.69) is 16.6 Å². The van der Waals surface area contributed by atoms with Gasteiger partial charge in [0.2, 0.25) is 0 Å². The second-order valence-corrected chi connectivity index (χ2v) is 3.43. The van der Waals surface area contributed by atoms with Crippen LogP contribution in [-0.2, 0) is 0 Å². The van der Waals surface area contributed by atoms with Crippen molar-refractivity contribution in [1.82, 2.24) is 5.32 Å². The summed E-state index contributed by atoms with van der Waals surface area (Å²) in [7, 11) is 1.55. The predicted octanol–water partition coefficient (Wildman–Crippen LogP) is 2.23. The molecule has 4 nitrogen and oxygen atoms in total. The SMILES string of the molecule is C#CC(CC)NC(=O)Nc1ccccc1OC. The minimum atomic E-state index is -0.334. The molecule has 1 aromatic carbocycles. The Morgan fingerprint density at radius 1 is 1.53 bits per heavy atom. The number of hydrogen-bond donors (Lipinski definition) is 2. The van der Waals surface area contributed by atoms with Crippen LogP contribution in [0.4, 0.5) is 10.5 Å². The van der Waals surface area contributed by atoms with Gasteiger partial charge < -0.3 is 15.4 Å². The van der Waals surface area contributed by atoms with Gasteiger partial charge in [-0.1, -0.05) is 25.0 Å². The summed E-state index contributed by atoms with van der Waals surface area (Å²) >= 11 is 0. The quantitative estimate of drug-likeness (QED) is 0.782. The predicted molar refractivity (Wildman–Crippen MR) is 68.1 cm³/mol. The minimum absolute atomic E-state index is 0.260. The van der Waals surface area contributed by atoms with Crippen molar-refractivity contribution in [3.63, 3.8) is 0 Å². The molecular weight excluding hydrogens is 216 g/mol. The highest BCUT2D eigenvalue weighted by Gasteiger charge is 2.09. The van der Waals surface area contributed by atoms with Crippen LogP contribution in [0, 0.1) is 12.3 Å². The van der Waals surface area contributed by atoms with Gasteiger partial charge in [-0.15, -0.1) is 6.42 Å². The van der Waals surface area contributed by atoms with E-state index in [4.69, 9.17) is 11.2 Å². The number of methoxy groups -OCH3 is 1. The Balaban J connectivity index is 2.65. The van der Waals surface area contributed by atoms with E-state index >= 15 is 0 Å². The molecule has 90 valence electrons. The lowest BCUT2D eigenvalue weighted by atomic mass is 10.2. The Hall–Kier alpha value is -2.15. The number of nitrogens with one attached hydrogen (secondary N) is 2. The van der Waals surface area contributed by atoms with E-state index < -0.39 is 0 Å². The van der Waals surface area contributed by atoms with E-state index in [0.717, 1.165) is 0 Å². The Morgan fingerprint density at radius 3 is 2.82 bits per heavy atom. The second-order valence-electron chi connectivity index (χ2n) is 3.43. The molecule has 2 amide bonds. The Labute approximate surface area is 101 Å². The smallest absolute Gasteiger partial charge is 0.320 e. The van der Waals surface area contributed by atoms with Crippen LogP contribution in [0.2, 0.25) is 0 Å². The maximum Gasteiger partial charge on any atom is 0.320 e. The molecule has 4 heteroatoms. The topological polar surface area (TPSA) is 50.4 Å². The monoisotopic (exact) mass is 232 g/mol. The van der Waals surface area contributed by atoms with Crippen LogP contribution in [0.3, 0.4) is 0 Å². The van der Waals surface area contributed by atoms with Crippen LogP contribution in [0.5, 0.6) is 5.75 Å². The third kappa shape index (κ3) is 3.72. The van der Waals surface area contributed by atoms with Gasteiger partial charge in [-0.3, -0.25) is 0 Å². The second kappa shape index (κ2) is 6.44. The molecule has 1 unspecified atom stereocenters. The lowest BCUT2D eigenvalue weighted by Crippen LogP contribution is -2.36. The summed E-state index contributed by atoms with van der Waals surface area (Å²) < 4.78 is 5.12. The number of urea groups is 1.